The predicted octanol–water partition coefficient (Wildman–Crippen LogP) is 2.56. The van der Waals surface area contributed by atoms with E-state index in [1.165, 1.54) is 12.8 Å². The van der Waals surface area contributed by atoms with Crippen molar-refractivity contribution < 1.29 is 4.79 Å². The minimum absolute atomic E-state index is 0.205. The summed E-state index contributed by atoms with van der Waals surface area (Å²) in [6, 6.07) is 5.77. The number of aryl methyl sites for hydroxylation is 2. The van der Waals surface area contributed by atoms with Crippen LogP contribution in [0, 0.1) is 19.8 Å². The number of para-hydroxylation sites is 1. The Hall–Kier alpha value is -2.04. The fourth-order valence-electron chi connectivity index (χ4n) is 2.38. The molecule has 1 aromatic rings. The first-order valence-electron chi connectivity index (χ1n) is 7.47. The zero-order valence-corrected chi connectivity index (χ0v) is 13.0. The Morgan fingerprint density at radius 2 is 2.00 bits per heavy atom. The molecule has 1 fully saturated rings. The molecule has 0 radical (unpaired) electrons. The molecule has 1 aliphatic rings. The van der Waals surface area contributed by atoms with Gasteiger partial charge in [0.15, 0.2) is 5.96 Å². The Morgan fingerprint density at radius 3 is 2.52 bits per heavy atom. The Kier molecular flexibility index (Phi) is 4.83. The Balaban J connectivity index is 2.09. The maximum atomic E-state index is 12.4. The zero-order valence-electron chi connectivity index (χ0n) is 13.0. The van der Waals surface area contributed by atoms with Gasteiger partial charge in [0.1, 0.15) is 0 Å². The summed E-state index contributed by atoms with van der Waals surface area (Å²) in [6.45, 7) is 7.24. The lowest BCUT2D eigenvalue weighted by molar-refractivity contribution is 0.250. The van der Waals surface area contributed by atoms with Gasteiger partial charge < -0.3 is 5.73 Å². The number of carbonyl (C=O) groups excluding carboxylic acids is 1. The van der Waals surface area contributed by atoms with Crippen LogP contribution >= 0.6 is 0 Å². The quantitative estimate of drug-likeness (QED) is 0.660. The van der Waals surface area contributed by atoms with Gasteiger partial charge in [-0.3, -0.25) is 15.2 Å². The van der Waals surface area contributed by atoms with E-state index < -0.39 is 0 Å². The van der Waals surface area contributed by atoms with Gasteiger partial charge >= 0.3 is 6.03 Å². The van der Waals surface area contributed by atoms with Gasteiger partial charge in [-0.05, 0) is 50.7 Å². The molecule has 1 saturated carbocycles. The lowest BCUT2D eigenvalue weighted by Gasteiger charge is -2.25. The summed E-state index contributed by atoms with van der Waals surface area (Å²) in [5.74, 6) is 0.859. The van der Waals surface area contributed by atoms with Gasteiger partial charge in [0.05, 0.1) is 5.69 Å². The molecule has 5 nitrogen and oxygen atoms in total. The second-order valence-electron chi connectivity index (χ2n) is 5.58. The van der Waals surface area contributed by atoms with Crippen molar-refractivity contribution in [3.63, 3.8) is 0 Å². The number of nitrogens with one attached hydrogen (secondary N) is 1. The lowest BCUT2D eigenvalue weighted by Crippen LogP contribution is -2.46. The van der Waals surface area contributed by atoms with Gasteiger partial charge in [0.25, 0.3) is 0 Å². The fraction of sp³-hybridized carbons (Fsp3) is 0.500. The molecule has 1 aliphatic carbocycles. The van der Waals surface area contributed by atoms with Gasteiger partial charge in [-0.1, -0.05) is 18.2 Å². The van der Waals surface area contributed by atoms with Crippen LogP contribution in [-0.4, -0.2) is 25.1 Å². The first-order chi connectivity index (χ1) is 10.0. The van der Waals surface area contributed by atoms with E-state index in [0.29, 0.717) is 19.0 Å². The van der Waals surface area contributed by atoms with Crippen LogP contribution in [0.5, 0.6) is 0 Å². The molecule has 5 heteroatoms. The van der Waals surface area contributed by atoms with E-state index in [9.17, 15) is 4.79 Å². The van der Waals surface area contributed by atoms with E-state index in [2.05, 4.69) is 10.3 Å². The molecule has 114 valence electrons. The van der Waals surface area contributed by atoms with E-state index in [1.54, 1.807) is 4.90 Å². The Labute approximate surface area is 126 Å². The number of hydrogen-bond acceptors (Lipinski definition) is 2. The van der Waals surface area contributed by atoms with Crippen molar-refractivity contribution >= 4 is 17.7 Å². The molecule has 0 unspecified atom stereocenters. The third-order valence-corrected chi connectivity index (χ3v) is 3.72. The Bertz CT molecular complexity index is 529. The van der Waals surface area contributed by atoms with Crippen LogP contribution in [0.15, 0.2) is 23.2 Å². The fourth-order valence-corrected chi connectivity index (χ4v) is 2.38. The van der Waals surface area contributed by atoms with Crippen molar-refractivity contribution in [1.82, 2.24) is 5.32 Å². The van der Waals surface area contributed by atoms with Gasteiger partial charge in [-0.15, -0.1) is 0 Å². The van der Waals surface area contributed by atoms with Crippen LogP contribution in [0.4, 0.5) is 10.5 Å². The average Bonchev–Trinajstić information content (AvgIpc) is 3.24. The highest BCUT2D eigenvalue weighted by Gasteiger charge is 2.21. The topological polar surface area (TPSA) is 70.7 Å². The van der Waals surface area contributed by atoms with Crippen molar-refractivity contribution in [3.8, 4) is 0 Å². The van der Waals surface area contributed by atoms with Crippen molar-refractivity contribution in [3.05, 3.63) is 29.3 Å². The van der Waals surface area contributed by atoms with Crippen molar-refractivity contribution in [1.29, 1.82) is 0 Å². The predicted molar refractivity (Wildman–Crippen MR) is 86.7 cm³/mol. The lowest BCUT2D eigenvalue weighted by atomic mass is 10.1. The maximum absolute atomic E-state index is 12.4. The molecular weight excluding hydrogens is 264 g/mol. The largest absolute Gasteiger partial charge is 0.370 e. The maximum Gasteiger partial charge on any atom is 0.328 e. The highest BCUT2D eigenvalue weighted by molar-refractivity contribution is 6.03. The summed E-state index contributed by atoms with van der Waals surface area (Å²) in [6.07, 6.45) is 2.43. The number of guanidine groups is 1. The average molecular weight is 288 g/mol. The minimum Gasteiger partial charge on any atom is -0.370 e. The molecule has 21 heavy (non-hydrogen) atoms. The second kappa shape index (κ2) is 6.61. The number of carbonyl (C=O) groups is 1. The molecule has 0 saturated heterocycles. The summed E-state index contributed by atoms with van der Waals surface area (Å²) in [5, 5.41) is 2.68. The second-order valence-corrected chi connectivity index (χ2v) is 5.58. The number of hydrogen-bond donors (Lipinski definition) is 2. The number of rotatable bonds is 4. The highest BCUT2D eigenvalue weighted by atomic mass is 16.2. The van der Waals surface area contributed by atoms with Crippen LogP contribution < -0.4 is 16.0 Å². The van der Waals surface area contributed by atoms with E-state index in [4.69, 9.17) is 5.73 Å². The standard InChI is InChI=1S/C16H24N4O/c1-4-20(14-11(2)6-5-7-12(14)3)16(21)19-15(17)18-10-13-8-9-13/h5-7,13H,4,8-10H2,1-3H3,(H3,17,18,19,21). The van der Waals surface area contributed by atoms with Crippen LogP contribution in [0.1, 0.15) is 30.9 Å². The number of nitrogens with zero attached hydrogens (tertiary/aromatic N) is 2. The molecule has 3 N–H and O–H groups in total. The number of urea groups is 1. The highest BCUT2D eigenvalue weighted by Crippen LogP contribution is 2.28. The molecular formula is C16H24N4O. The normalized spacial score (nSPS) is 14.9. The summed E-state index contributed by atoms with van der Waals surface area (Å²) in [4.78, 5) is 18.3. The number of nitrogens with two attached hydrogens (primary N) is 1. The van der Waals surface area contributed by atoms with Gasteiger partial charge in [0, 0.05) is 13.1 Å². The van der Waals surface area contributed by atoms with Crippen molar-refractivity contribution in [2.45, 2.75) is 33.6 Å². The van der Waals surface area contributed by atoms with Crippen molar-refractivity contribution in [2.24, 2.45) is 16.6 Å². The molecule has 0 heterocycles. The van der Waals surface area contributed by atoms with E-state index in [0.717, 1.165) is 16.8 Å². The molecule has 0 aliphatic heterocycles. The molecule has 0 atom stereocenters. The summed E-state index contributed by atoms with van der Waals surface area (Å²) >= 11 is 0. The van der Waals surface area contributed by atoms with Crippen LogP contribution in [0.25, 0.3) is 0 Å². The first-order valence-corrected chi connectivity index (χ1v) is 7.47. The van der Waals surface area contributed by atoms with Crippen molar-refractivity contribution in [2.75, 3.05) is 18.0 Å². The van der Waals surface area contributed by atoms with Crippen LogP contribution in [0.3, 0.4) is 0 Å². The summed E-state index contributed by atoms with van der Waals surface area (Å²) in [7, 11) is 0. The Morgan fingerprint density at radius 1 is 1.38 bits per heavy atom. The van der Waals surface area contributed by atoms with E-state index in [-0.39, 0.29) is 12.0 Å². The van der Waals surface area contributed by atoms with E-state index in [1.807, 2.05) is 39.0 Å². The molecule has 0 spiro atoms. The van der Waals surface area contributed by atoms with E-state index >= 15 is 0 Å². The number of amides is 2. The smallest absolute Gasteiger partial charge is 0.328 e. The zero-order chi connectivity index (χ0) is 15.4. The SMILES string of the molecule is CCN(C(=O)NC(N)=NCC1CC1)c1c(C)cccc1C. The monoisotopic (exact) mass is 288 g/mol. The number of benzene rings is 1. The third kappa shape index (κ3) is 3.97. The summed E-state index contributed by atoms with van der Waals surface area (Å²) < 4.78 is 0. The first kappa shape index (κ1) is 15.4. The third-order valence-electron chi connectivity index (χ3n) is 3.72. The molecule has 0 aromatic heterocycles. The molecule has 2 amide bonds. The molecule has 1 aromatic carbocycles. The van der Waals surface area contributed by atoms with Crippen LogP contribution in [-0.2, 0) is 0 Å². The number of aliphatic imine (C=N–C) groups is 1. The van der Waals surface area contributed by atoms with Gasteiger partial charge in [0.2, 0.25) is 0 Å². The minimum atomic E-state index is -0.230. The van der Waals surface area contributed by atoms with Gasteiger partial charge in [-0.2, -0.15) is 0 Å². The molecule has 2 rings (SSSR count). The molecule has 0 bridgehead atoms. The van der Waals surface area contributed by atoms with Crippen LogP contribution in [0.2, 0.25) is 0 Å². The number of anilines is 1. The summed E-state index contributed by atoms with van der Waals surface area (Å²) in [5.41, 5.74) is 8.87. The van der Waals surface area contributed by atoms with Gasteiger partial charge in [-0.25, -0.2) is 4.79 Å².